The third kappa shape index (κ3) is 3.01. The van der Waals surface area contributed by atoms with Gasteiger partial charge in [0.1, 0.15) is 5.76 Å². The van der Waals surface area contributed by atoms with Crippen molar-refractivity contribution in [3.63, 3.8) is 0 Å². The van der Waals surface area contributed by atoms with Crippen molar-refractivity contribution < 1.29 is 9.21 Å². The largest absolute Gasteiger partial charge is 0.458 e. The number of rotatable bonds is 6. The first kappa shape index (κ1) is 14.6. The van der Waals surface area contributed by atoms with E-state index >= 15 is 0 Å². The molecule has 0 N–H and O–H groups in total. The number of Topliss-reactive ketones (excluding diaryl/α,β-unsaturated/α-hetero) is 1. The topological polar surface area (TPSA) is 30.2 Å². The molecule has 2 rings (SSSR count). The van der Waals surface area contributed by atoms with E-state index in [1.165, 1.54) is 0 Å². The van der Waals surface area contributed by atoms with Crippen LogP contribution in [0.2, 0.25) is 0 Å². The maximum Gasteiger partial charge on any atom is 0.205 e. The number of hydrogen-bond donors (Lipinski definition) is 0. The van der Waals surface area contributed by atoms with Crippen LogP contribution >= 0.6 is 0 Å². The number of aryl methyl sites for hydroxylation is 1. The summed E-state index contributed by atoms with van der Waals surface area (Å²) in [6.45, 7) is 6.27. The van der Waals surface area contributed by atoms with E-state index in [1.807, 2.05) is 43.3 Å². The van der Waals surface area contributed by atoms with Crippen molar-refractivity contribution in [2.75, 3.05) is 0 Å². The van der Waals surface area contributed by atoms with Crippen LogP contribution < -0.4 is 0 Å². The molecule has 0 fully saturated rings. The smallest absolute Gasteiger partial charge is 0.205 e. The van der Waals surface area contributed by atoms with Gasteiger partial charge in [0.05, 0.1) is 5.92 Å². The van der Waals surface area contributed by atoms with E-state index in [2.05, 4.69) is 13.8 Å². The quantitative estimate of drug-likeness (QED) is 0.702. The second-order valence-electron chi connectivity index (χ2n) is 5.26. The molecule has 0 amide bonds. The van der Waals surface area contributed by atoms with Gasteiger partial charge in [0, 0.05) is 6.42 Å². The molecule has 2 unspecified atom stereocenters. The van der Waals surface area contributed by atoms with Gasteiger partial charge in [-0.1, -0.05) is 57.5 Å². The molecule has 0 aliphatic rings. The van der Waals surface area contributed by atoms with Gasteiger partial charge in [0.15, 0.2) is 5.76 Å². The lowest BCUT2D eigenvalue weighted by Crippen LogP contribution is -2.19. The van der Waals surface area contributed by atoms with Crippen molar-refractivity contribution in [2.24, 2.45) is 5.92 Å². The number of carbonyl (C=O) groups excluding carboxylic acids is 1. The molecule has 0 radical (unpaired) electrons. The molecule has 0 spiro atoms. The van der Waals surface area contributed by atoms with Gasteiger partial charge in [-0.25, -0.2) is 0 Å². The number of benzene rings is 1. The molecular weight excluding hydrogens is 248 g/mol. The zero-order valence-electron chi connectivity index (χ0n) is 12.4. The molecule has 106 valence electrons. The van der Waals surface area contributed by atoms with Crippen LogP contribution in [0.3, 0.4) is 0 Å². The predicted molar refractivity (Wildman–Crippen MR) is 81.1 cm³/mol. The Labute approximate surface area is 120 Å². The number of ketones is 1. The van der Waals surface area contributed by atoms with E-state index in [-0.39, 0.29) is 11.7 Å². The maximum absolute atomic E-state index is 12.8. The van der Waals surface area contributed by atoms with Crippen LogP contribution in [0, 0.1) is 5.92 Å². The maximum atomic E-state index is 12.8. The van der Waals surface area contributed by atoms with Gasteiger partial charge in [-0.15, -0.1) is 0 Å². The molecule has 2 heteroatoms. The van der Waals surface area contributed by atoms with Crippen molar-refractivity contribution in [3.8, 4) is 0 Å². The van der Waals surface area contributed by atoms with Crippen molar-refractivity contribution in [1.82, 2.24) is 0 Å². The summed E-state index contributed by atoms with van der Waals surface area (Å²) in [7, 11) is 0. The molecular formula is C18H22O2. The fraction of sp³-hybridized carbons (Fsp3) is 0.389. The van der Waals surface area contributed by atoms with Crippen LogP contribution in [0.1, 0.15) is 55.0 Å². The molecule has 20 heavy (non-hydrogen) atoms. The van der Waals surface area contributed by atoms with Crippen molar-refractivity contribution >= 4 is 5.78 Å². The summed E-state index contributed by atoms with van der Waals surface area (Å²) in [5, 5.41) is 0. The Kier molecular flexibility index (Phi) is 4.78. The van der Waals surface area contributed by atoms with Gasteiger partial charge >= 0.3 is 0 Å². The first-order valence-electron chi connectivity index (χ1n) is 7.35. The molecule has 1 aromatic heterocycles. The average molecular weight is 270 g/mol. The van der Waals surface area contributed by atoms with E-state index in [0.29, 0.717) is 11.7 Å². The zero-order valence-corrected chi connectivity index (χ0v) is 12.4. The van der Waals surface area contributed by atoms with Gasteiger partial charge in [0.2, 0.25) is 5.78 Å². The molecule has 0 aliphatic heterocycles. The Morgan fingerprint density at radius 2 is 1.80 bits per heavy atom. The third-order valence-electron chi connectivity index (χ3n) is 3.91. The average Bonchev–Trinajstić information content (AvgIpc) is 2.97. The van der Waals surface area contributed by atoms with Crippen molar-refractivity contribution in [1.29, 1.82) is 0 Å². The molecule has 0 saturated heterocycles. The third-order valence-corrected chi connectivity index (χ3v) is 3.91. The summed E-state index contributed by atoms with van der Waals surface area (Å²) < 4.78 is 5.64. The Hall–Kier alpha value is -1.83. The molecule has 2 aromatic rings. The summed E-state index contributed by atoms with van der Waals surface area (Å²) in [5.41, 5.74) is 1.07. The van der Waals surface area contributed by atoms with E-state index in [9.17, 15) is 4.79 Å². The normalized spacial score (nSPS) is 13.9. The van der Waals surface area contributed by atoms with E-state index in [4.69, 9.17) is 4.42 Å². The van der Waals surface area contributed by atoms with Crippen LogP contribution in [-0.4, -0.2) is 5.78 Å². The van der Waals surface area contributed by atoms with Crippen LogP contribution in [-0.2, 0) is 6.42 Å². The SMILES string of the molecule is CCc1ccc(C(=O)C(c2ccccc2)C(C)CC)o1. The van der Waals surface area contributed by atoms with Gasteiger partial charge < -0.3 is 4.42 Å². The molecule has 2 atom stereocenters. The number of hydrogen-bond acceptors (Lipinski definition) is 2. The van der Waals surface area contributed by atoms with Gasteiger partial charge in [0.25, 0.3) is 0 Å². The van der Waals surface area contributed by atoms with Crippen LogP contribution in [0.15, 0.2) is 46.9 Å². The predicted octanol–water partition coefficient (Wildman–Crippen LogP) is 4.85. The van der Waals surface area contributed by atoms with E-state index in [1.54, 1.807) is 6.07 Å². The zero-order chi connectivity index (χ0) is 14.5. The Morgan fingerprint density at radius 1 is 1.10 bits per heavy atom. The molecule has 0 bridgehead atoms. The number of furan rings is 1. The summed E-state index contributed by atoms with van der Waals surface area (Å²) in [6, 6.07) is 13.7. The lowest BCUT2D eigenvalue weighted by molar-refractivity contribution is 0.0902. The van der Waals surface area contributed by atoms with Crippen molar-refractivity contribution in [2.45, 2.75) is 39.5 Å². The summed E-state index contributed by atoms with van der Waals surface area (Å²) in [4.78, 5) is 12.8. The van der Waals surface area contributed by atoms with Crippen LogP contribution in [0.4, 0.5) is 0 Å². The summed E-state index contributed by atoms with van der Waals surface area (Å²) >= 11 is 0. The minimum atomic E-state index is -0.128. The van der Waals surface area contributed by atoms with Gasteiger partial charge in [-0.05, 0) is 23.6 Å². The van der Waals surface area contributed by atoms with E-state index in [0.717, 1.165) is 24.2 Å². The Morgan fingerprint density at radius 3 is 2.35 bits per heavy atom. The summed E-state index contributed by atoms with van der Waals surface area (Å²) in [5.74, 6) is 1.60. The lowest BCUT2D eigenvalue weighted by atomic mass is 9.82. The minimum Gasteiger partial charge on any atom is -0.458 e. The van der Waals surface area contributed by atoms with Gasteiger partial charge in [-0.2, -0.15) is 0 Å². The molecule has 2 nitrogen and oxygen atoms in total. The van der Waals surface area contributed by atoms with Gasteiger partial charge in [-0.3, -0.25) is 4.79 Å². The fourth-order valence-electron chi connectivity index (χ4n) is 2.49. The Balaban J connectivity index is 2.34. The van der Waals surface area contributed by atoms with Crippen molar-refractivity contribution in [3.05, 3.63) is 59.5 Å². The van der Waals surface area contributed by atoms with E-state index < -0.39 is 0 Å². The number of carbonyl (C=O) groups is 1. The van der Waals surface area contributed by atoms with Crippen LogP contribution in [0.5, 0.6) is 0 Å². The minimum absolute atomic E-state index is 0.0882. The lowest BCUT2D eigenvalue weighted by Gasteiger charge is -2.21. The summed E-state index contributed by atoms with van der Waals surface area (Å²) in [6.07, 6.45) is 1.78. The highest BCUT2D eigenvalue weighted by molar-refractivity contribution is 5.99. The molecule has 1 aromatic carbocycles. The molecule has 0 saturated carbocycles. The highest BCUT2D eigenvalue weighted by atomic mass is 16.3. The highest BCUT2D eigenvalue weighted by Gasteiger charge is 2.28. The molecule has 0 aliphatic carbocycles. The first-order chi connectivity index (χ1) is 9.67. The standard InChI is InChI=1S/C18H22O2/c1-4-13(3)17(14-9-7-6-8-10-14)18(19)16-12-11-15(5-2)20-16/h6-13,17H,4-5H2,1-3H3. The second kappa shape index (κ2) is 6.56. The molecule has 1 heterocycles. The second-order valence-corrected chi connectivity index (χ2v) is 5.26. The van der Waals surface area contributed by atoms with Crippen LogP contribution in [0.25, 0.3) is 0 Å². The fourth-order valence-corrected chi connectivity index (χ4v) is 2.49. The Bertz CT molecular complexity index is 554. The monoisotopic (exact) mass is 270 g/mol. The highest BCUT2D eigenvalue weighted by Crippen LogP contribution is 2.31. The first-order valence-corrected chi connectivity index (χ1v) is 7.35.